The van der Waals surface area contributed by atoms with E-state index in [1.54, 1.807) is 18.5 Å². The van der Waals surface area contributed by atoms with Crippen molar-refractivity contribution in [3.63, 3.8) is 0 Å². The first-order valence-electron chi connectivity index (χ1n) is 5.35. The Morgan fingerprint density at radius 3 is 2.63 bits per heavy atom. The summed E-state index contributed by atoms with van der Waals surface area (Å²) in [6, 6.07) is 7.26. The lowest BCUT2D eigenvalue weighted by atomic mass is 10.3. The van der Waals surface area contributed by atoms with E-state index in [9.17, 15) is 4.79 Å². The molecule has 0 saturated heterocycles. The Balaban J connectivity index is 2.21. The molecule has 0 atom stereocenters. The second-order valence-corrected chi connectivity index (χ2v) is 5.50. The van der Waals surface area contributed by atoms with Crippen LogP contribution in [0.1, 0.15) is 5.69 Å². The molecule has 0 bridgehead atoms. The minimum Gasteiger partial charge on any atom is -0.481 e. The predicted molar refractivity (Wildman–Crippen MR) is 77.4 cm³/mol. The molecule has 7 heteroatoms. The predicted octanol–water partition coefficient (Wildman–Crippen LogP) is 3.50. The lowest BCUT2D eigenvalue weighted by Gasteiger charge is -2.08. The number of aliphatic carboxylic acids is 1. The summed E-state index contributed by atoms with van der Waals surface area (Å²) >= 11 is 13.1. The normalized spacial score (nSPS) is 10.6. The van der Waals surface area contributed by atoms with Crippen LogP contribution in [0.5, 0.6) is 0 Å². The van der Waals surface area contributed by atoms with E-state index in [0.29, 0.717) is 15.9 Å². The van der Waals surface area contributed by atoms with Crippen molar-refractivity contribution in [1.29, 1.82) is 0 Å². The fourth-order valence-corrected chi connectivity index (χ4v) is 2.69. The van der Waals surface area contributed by atoms with Crippen LogP contribution in [0.4, 0.5) is 0 Å². The highest BCUT2D eigenvalue weighted by Crippen LogP contribution is 2.24. The molecule has 0 radical (unpaired) electrons. The van der Waals surface area contributed by atoms with Gasteiger partial charge in [0, 0.05) is 16.5 Å². The van der Waals surface area contributed by atoms with Crippen molar-refractivity contribution in [2.45, 2.75) is 5.75 Å². The first kappa shape index (κ1) is 14.2. The number of halogens is 2. The van der Waals surface area contributed by atoms with Gasteiger partial charge in [-0.3, -0.25) is 4.79 Å². The molecule has 0 amide bonds. The van der Waals surface area contributed by atoms with Gasteiger partial charge in [0.15, 0.2) is 5.15 Å². The molecular formula is C12H10Cl2N2O2S. The van der Waals surface area contributed by atoms with Crippen LogP contribution in [-0.4, -0.2) is 26.4 Å². The second-order valence-electron chi connectivity index (χ2n) is 3.72. The number of thioether (sulfide) groups is 1. The zero-order valence-corrected chi connectivity index (χ0v) is 12.0. The van der Waals surface area contributed by atoms with Gasteiger partial charge in [-0.15, -0.1) is 11.8 Å². The van der Waals surface area contributed by atoms with Crippen molar-refractivity contribution >= 4 is 40.9 Å². The van der Waals surface area contributed by atoms with E-state index in [2.05, 4.69) is 4.98 Å². The zero-order valence-electron chi connectivity index (χ0n) is 9.72. The third-order valence-corrected chi connectivity index (χ3v) is 3.88. The van der Waals surface area contributed by atoms with Gasteiger partial charge in [0.1, 0.15) is 6.33 Å². The van der Waals surface area contributed by atoms with E-state index in [1.165, 1.54) is 11.8 Å². The third kappa shape index (κ3) is 3.65. The number of imidazole rings is 1. The fraction of sp³-hybridized carbons (Fsp3) is 0.167. The van der Waals surface area contributed by atoms with Gasteiger partial charge in [-0.2, -0.15) is 0 Å². The number of carboxylic acids is 1. The van der Waals surface area contributed by atoms with Crippen LogP contribution in [-0.2, 0) is 10.5 Å². The van der Waals surface area contributed by atoms with Crippen LogP contribution in [0.25, 0.3) is 5.69 Å². The number of benzene rings is 1. The standard InChI is InChI=1S/C12H10Cl2N2O2S/c13-8-1-3-9(4-2-8)16-7-15-12(14)10(16)5-19-6-11(17)18/h1-4,7H,5-6H2,(H,17,18). The molecule has 0 aliphatic rings. The maximum absolute atomic E-state index is 10.5. The SMILES string of the molecule is O=C(O)CSCc1c(Cl)ncn1-c1ccc(Cl)cc1. The molecule has 1 aromatic carbocycles. The number of rotatable bonds is 5. The number of hydrogen-bond donors (Lipinski definition) is 1. The molecule has 4 nitrogen and oxygen atoms in total. The number of carbonyl (C=O) groups is 1. The summed E-state index contributed by atoms with van der Waals surface area (Å²) in [4.78, 5) is 14.6. The smallest absolute Gasteiger partial charge is 0.313 e. The highest BCUT2D eigenvalue weighted by atomic mass is 35.5. The molecule has 1 N–H and O–H groups in total. The summed E-state index contributed by atoms with van der Waals surface area (Å²) in [6.45, 7) is 0. The Kier molecular flexibility index (Phi) is 4.74. The average molecular weight is 317 g/mol. The lowest BCUT2D eigenvalue weighted by molar-refractivity contribution is -0.133. The highest BCUT2D eigenvalue weighted by Gasteiger charge is 2.11. The van der Waals surface area contributed by atoms with Crippen molar-refractivity contribution in [3.05, 3.63) is 46.5 Å². The Bertz CT molecular complexity index is 584. The topological polar surface area (TPSA) is 55.1 Å². The van der Waals surface area contributed by atoms with Gasteiger partial charge >= 0.3 is 5.97 Å². The summed E-state index contributed by atoms with van der Waals surface area (Å²) in [5.41, 5.74) is 1.66. The second kappa shape index (κ2) is 6.32. The van der Waals surface area contributed by atoms with Gasteiger partial charge in [0.25, 0.3) is 0 Å². The molecule has 2 rings (SSSR count). The maximum Gasteiger partial charge on any atom is 0.313 e. The quantitative estimate of drug-likeness (QED) is 0.917. The Hall–Kier alpha value is -1.17. The van der Waals surface area contributed by atoms with Gasteiger partial charge in [-0.05, 0) is 24.3 Å². The summed E-state index contributed by atoms with van der Waals surface area (Å²) in [6.07, 6.45) is 1.61. The number of nitrogens with zero attached hydrogens (tertiary/aromatic N) is 2. The van der Waals surface area contributed by atoms with E-state index >= 15 is 0 Å². The first-order valence-corrected chi connectivity index (χ1v) is 7.26. The molecule has 19 heavy (non-hydrogen) atoms. The summed E-state index contributed by atoms with van der Waals surface area (Å²) in [5, 5.41) is 9.67. The van der Waals surface area contributed by atoms with Crippen LogP contribution >= 0.6 is 35.0 Å². The lowest BCUT2D eigenvalue weighted by Crippen LogP contribution is -2.01. The molecular weight excluding hydrogens is 307 g/mol. The highest BCUT2D eigenvalue weighted by molar-refractivity contribution is 7.99. The average Bonchev–Trinajstić information content (AvgIpc) is 2.72. The van der Waals surface area contributed by atoms with Gasteiger partial charge in [0.2, 0.25) is 0 Å². The number of carboxylic acid groups (broad SMARTS) is 1. The van der Waals surface area contributed by atoms with Crippen LogP contribution < -0.4 is 0 Å². The molecule has 100 valence electrons. The maximum atomic E-state index is 10.5. The molecule has 0 fully saturated rings. The molecule has 2 aromatic rings. The number of aromatic nitrogens is 2. The molecule has 0 saturated carbocycles. The largest absolute Gasteiger partial charge is 0.481 e. The molecule has 0 unspecified atom stereocenters. The van der Waals surface area contributed by atoms with Gasteiger partial charge in [-0.1, -0.05) is 23.2 Å². The monoisotopic (exact) mass is 316 g/mol. The Labute approximate surface area is 124 Å². The van der Waals surface area contributed by atoms with E-state index in [1.807, 2.05) is 16.7 Å². The summed E-state index contributed by atoms with van der Waals surface area (Å²) in [7, 11) is 0. The summed E-state index contributed by atoms with van der Waals surface area (Å²) < 4.78 is 1.83. The molecule has 0 aliphatic carbocycles. The van der Waals surface area contributed by atoms with E-state index in [-0.39, 0.29) is 5.75 Å². The van der Waals surface area contributed by atoms with Gasteiger partial charge in [0.05, 0.1) is 11.4 Å². The molecule has 0 aliphatic heterocycles. The number of hydrogen-bond acceptors (Lipinski definition) is 3. The van der Waals surface area contributed by atoms with Crippen molar-refractivity contribution in [2.75, 3.05) is 5.75 Å². The summed E-state index contributed by atoms with van der Waals surface area (Å²) in [5.74, 6) is -0.339. The first-order chi connectivity index (χ1) is 9.08. The van der Waals surface area contributed by atoms with Crippen molar-refractivity contribution < 1.29 is 9.90 Å². The van der Waals surface area contributed by atoms with E-state index in [4.69, 9.17) is 28.3 Å². The molecule has 1 heterocycles. The van der Waals surface area contributed by atoms with E-state index in [0.717, 1.165) is 11.4 Å². The van der Waals surface area contributed by atoms with Crippen LogP contribution in [0.2, 0.25) is 10.2 Å². The van der Waals surface area contributed by atoms with Crippen molar-refractivity contribution in [3.8, 4) is 5.69 Å². The van der Waals surface area contributed by atoms with Crippen LogP contribution in [0.15, 0.2) is 30.6 Å². The minimum absolute atomic E-state index is 0.0299. The van der Waals surface area contributed by atoms with Crippen molar-refractivity contribution in [2.24, 2.45) is 0 Å². The minimum atomic E-state index is -0.848. The van der Waals surface area contributed by atoms with Gasteiger partial charge in [-0.25, -0.2) is 4.98 Å². The van der Waals surface area contributed by atoms with E-state index < -0.39 is 5.97 Å². The van der Waals surface area contributed by atoms with Crippen molar-refractivity contribution in [1.82, 2.24) is 9.55 Å². The zero-order chi connectivity index (χ0) is 13.8. The van der Waals surface area contributed by atoms with Crippen LogP contribution in [0, 0.1) is 0 Å². The van der Waals surface area contributed by atoms with Gasteiger partial charge < -0.3 is 9.67 Å². The Morgan fingerprint density at radius 1 is 1.32 bits per heavy atom. The molecule has 1 aromatic heterocycles. The third-order valence-electron chi connectivity index (χ3n) is 2.38. The Morgan fingerprint density at radius 2 is 2.00 bits per heavy atom. The van der Waals surface area contributed by atoms with Crippen LogP contribution in [0.3, 0.4) is 0 Å². The molecule has 0 spiro atoms. The fourth-order valence-electron chi connectivity index (χ4n) is 1.54.